The number of fused-ring (bicyclic) bond motifs is 1. The number of amides is 1. The molecule has 4 rings (SSSR count). The van der Waals surface area contributed by atoms with E-state index < -0.39 is 0 Å². The second kappa shape index (κ2) is 7.91. The second-order valence-electron chi connectivity index (χ2n) is 6.12. The van der Waals surface area contributed by atoms with Crippen molar-refractivity contribution in [1.82, 2.24) is 15.0 Å². The quantitative estimate of drug-likeness (QED) is 0.516. The van der Waals surface area contributed by atoms with Crippen LogP contribution < -0.4 is 15.0 Å². The van der Waals surface area contributed by atoms with Gasteiger partial charge in [-0.05, 0) is 35.9 Å². The minimum Gasteiger partial charge on any atom is -0.485 e. The molecule has 142 valence electrons. The largest absolute Gasteiger partial charge is 0.485 e. The van der Waals surface area contributed by atoms with Crippen molar-refractivity contribution >= 4 is 49.1 Å². The van der Waals surface area contributed by atoms with Crippen molar-refractivity contribution in [2.45, 2.75) is 6.61 Å². The Morgan fingerprint density at radius 2 is 2.00 bits per heavy atom. The van der Waals surface area contributed by atoms with E-state index >= 15 is 0 Å². The first-order valence-corrected chi connectivity index (χ1v) is 10.1. The number of carbonyl (C=O) groups is 1. The van der Waals surface area contributed by atoms with Gasteiger partial charge in [0.05, 0.1) is 9.58 Å². The predicted octanol–water partition coefficient (Wildman–Crippen LogP) is 4.05. The van der Waals surface area contributed by atoms with Gasteiger partial charge in [0.2, 0.25) is 0 Å². The van der Waals surface area contributed by atoms with E-state index in [2.05, 4.69) is 20.3 Å². The molecule has 7 nitrogen and oxygen atoms in total. The van der Waals surface area contributed by atoms with Gasteiger partial charge >= 0.3 is 0 Å². The molecule has 28 heavy (non-hydrogen) atoms. The highest BCUT2D eigenvalue weighted by atomic mass is 32.1. The van der Waals surface area contributed by atoms with Crippen molar-refractivity contribution in [2.75, 3.05) is 24.3 Å². The lowest BCUT2D eigenvalue weighted by atomic mass is 10.3. The molecule has 0 aliphatic carbocycles. The van der Waals surface area contributed by atoms with Crippen LogP contribution in [0.5, 0.6) is 5.75 Å². The molecule has 0 fully saturated rings. The first kappa shape index (κ1) is 18.3. The molecule has 4 aromatic heterocycles. The zero-order valence-electron chi connectivity index (χ0n) is 15.2. The number of pyridine rings is 2. The molecule has 0 aliphatic rings. The summed E-state index contributed by atoms with van der Waals surface area (Å²) in [6.07, 6.45) is 5.04. The van der Waals surface area contributed by atoms with Crippen molar-refractivity contribution in [3.63, 3.8) is 0 Å². The number of nitrogens with zero attached hydrogens (tertiary/aromatic N) is 4. The highest BCUT2D eigenvalue weighted by molar-refractivity contribution is 7.29. The predicted molar refractivity (Wildman–Crippen MR) is 113 cm³/mol. The fourth-order valence-corrected chi connectivity index (χ4v) is 4.47. The smallest absolute Gasteiger partial charge is 0.267 e. The lowest BCUT2D eigenvalue weighted by Gasteiger charge is -2.11. The standard InChI is InChI=1S/C19H17N5O2S2/c1-24(2)19-23-18-15(28-19)10-14(27-18)17(25)22-16-13(4-3-7-21-16)26-11-12-5-8-20-9-6-12/h3-10H,11H2,1-2H3,(H,21,22,25). The van der Waals surface area contributed by atoms with Crippen LogP contribution in [0.3, 0.4) is 0 Å². The summed E-state index contributed by atoms with van der Waals surface area (Å²) in [5, 5.41) is 3.76. The third kappa shape index (κ3) is 3.95. The SMILES string of the molecule is CN(C)c1nc2sc(C(=O)Nc3ncccc3OCc3ccncc3)cc2s1. The monoisotopic (exact) mass is 411 g/mol. The topological polar surface area (TPSA) is 80.2 Å². The number of thiophene rings is 1. The molecule has 4 heterocycles. The first-order chi connectivity index (χ1) is 13.6. The van der Waals surface area contributed by atoms with Crippen molar-refractivity contribution in [1.29, 1.82) is 0 Å². The van der Waals surface area contributed by atoms with Crippen LogP contribution in [-0.2, 0) is 6.61 Å². The molecule has 0 unspecified atom stereocenters. The summed E-state index contributed by atoms with van der Waals surface area (Å²) in [6.45, 7) is 0.364. The molecular weight excluding hydrogens is 394 g/mol. The highest BCUT2D eigenvalue weighted by Gasteiger charge is 2.17. The molecule has 0 saturated carbocycles. The van der Waals surface area contributed by atoms with Crippen molar-refractivity contribution in [3.05, 3.63) is 59.4 Å². The van der Waals surface area contributed by atoms with Gasteiger partial charge in [0.15, 0.2) is 16.7 Å². The van der Waals surface area contributed by atoms with Gasteiger partial charge in [-0.3, -0.25) is 9.78 Å². The van der Waals surface area contributed by atoms with Gasteiger partial charge in [-0.1, -0.05) is 11.3 Å². The third-order valence-electron chi connectivity index (χ3n) is 3.83. The summed E-state index contributed by atoms with van der Waals surface area (Å²) < 4.78 is 6.82. The Morgan fingerprint density at radius 3 is 2.75 bits per heavy atom. The van der Waals surface area contributed by atoms with Gasteiger partial charge in [0.1, 0.15) is 11.4 Å². The molecule has 0 bridgehead atoms. The van der Waals surface area contributed by atoms with Crippen LogP contribution in [0.25, 0.3) is 9.53 Å². The number of thiazole rings is 1. The average Bonchev–Trinajstić information content (AvgIpc) is 3.28. The minimum atomic E-state index is -0.228. The van der Waals surface area contributed by atoms with Gasteiger partial charge in [-0.2, -0.15) is 0 Å². The van der Waals surface area contributed by atoms with Gasteiger partial charge < -0.3 is 15.0 Å². The van der Waals surface area contributed by atoms with E-state index in [4.69, 9.17) is 4.74 Å². The normalized spacial score (nSPS) is 10.8. The highest BCUT2D eigenvalue weighted by Crippen LogP contribution is 2.34. The maximum Gasteiger partial charge on any atom is 0.267 e. The number of hydrogen-bond acceptors (Lipinski definition) is 8. The lowest BCUT2D eigenvalue weighted by Crippen LogP contribution is -2.12. The summed E-state index contributed by atoms with van der Waals surface area (Å²) in [5.41, 5.74) is 0.984. The molecule has 1 amide bonds. The molecule has 1 N–H and O–H groups in total. The minimum absolute atomic E-state index is 0.228. The van der Waals surface area contributed by atoms with Crippen molar-refractivity contribution in [3.8, 4) is 5.75 Å². The van der Waals surface area contributed by atoms with Gasteiger partial charge in [0, 0.05) is 32.7 Å². The molecular formula is C19H17N5O2S2. The lowest BCUT2D eigenvalue weighted by molar-refractivity contribution is 0.102. The fraction of sp³-hybridized carbons (Fsp3) is 0.158. The van der Waals surface area contributed by atoms with Crippen LogP contribution in [0.4, 0.5) is 10.9 Å². The van der Waals surface area contributed by atoms with Crippen LogP contribution >= 0.6 is 22.7 Å². The molecule has 0 saturated heterocycles. The Balaban J connectivity index is 1.49. The van der Waals surface area contributed by atoms with E-state index in [9.17, 15) is 4.79 Å². The van der Waals surface area contributed by atoms with Gasteiger partial charge in [-0.15, -0.1) is 11.3 Å². The second-order valence-corrected chi connectivity index (χ2v) is 8.16. The van der Waals surface area contributed by atoms with Gasteiger partial charge in [0.25, 0.3) is 5.91 Å². The Bertz CT molecular complexity index is 1080. The van der Waals surface area contributed by atoms with Crippen LogP contribution in [0, 0.1) is 0 Å². The van der Waals surface area contributed by atoms with E-state index in [0.717, 1.165) is 20.2 Å². The third-order valence-corrected chi connectivity index (χ3v) is 6.16. The molecule has 0 radical (unpaired) electrons. The number of rotatable bonds is 6. The fourth-order valence-electron chi connectivity index (χ4n) is 2.44. The Labute approximate surface area is 169 Å². The molecule has 0 aromatic carbocycles. The molecule has 9 heteroatoms. The molecule has 0 spiro atoms. The number of hydrogen-bond donors (Lipinski definition) is 1. The van der Waals surface area contributed by atoms with E-state index in [1.165, 1.54) is 11.3 Å². The number of carbonyl (C=O) groups excluding carboxylic acids is 1. The zero-order valence-corrected chi connectivity index (χ0v) is 16.9. The summed E-state index contributed by atoms with van der Waals surface area (Å²) in [6, 6.07) is 9.16. The van der Waals surface area contributed by atoms with Crippen molar-refractivity contribution < 1.29 is 9.53 Å². The Morgan fingerprint density at radius 1 is 1.18 bits per heavy atom. The van der Waals surface area contributed by atoms with Crippen molar-refractivity contribution in [2.24, 2.45) is 0 Å². The number of nitrogens with one attached hydrogen (secondary N) is 1. The van der Waals surface area contributed by atoms with Crippen LogP contribution in [0.1, 0.15) is 15.2 Å². The van der Waals surface area contributed by atoms with Gasteiger partial charge in [-0.25, -0.2) is 9.97 Å². The van der Waals surface area contributed by atoms with E-state index in [-0.39, 0.29) is 5.91 Å². The van der Waals surface area contributed by atoms with E-state index in [1.807, 2.05) is 37.2 Å². The summed E-state index contributed by atoms with van der Waals surface area (Å²) in [4.78, 5) is 28.9. The number of ether oxygens (including phenoxy) is 1. The maximum atomic E-state index is 12.7. The van der Waals surface area contributed by atoms with E-state index in [0.29, 0.717) is 23.1 Å². The molecule has 4 aromatic rings. The van der Waals surface area contributed by atoms with E-state index in [1.54, 1.807) is 42.1 Å². The van der Waals surface area contributed by atoms with Crippen LogP contribution in [0.15, 0.2) is 48.9 Å². The summed E-state index contributed by atoms with van der Waals surface area (Å²) in [5.74, 6) is 0.674. The molecule has 0 atom stereocenters. The van der Waals surface area contributed by atoms with Crippen LogP contribution in [-0.4, -0.2) is 35.0 Å². The number of anilines is 2. The Kier molecular flexibility index (Phi) is 5.18. The summed E-state index contributed by atoms with van der Waals surface area (Å²) in [7, 11) is 3.90. The average molecular weight is 412 g/mol. The number of aromatic nitrogens is 3. The molecule has 0 aliphatic heterocycles. The maximum absolute atomic E-state index is 12.7. The zero-order chi connectivity index (χ0) is 19.5. The summed E-state index contributed by atoms with van der Waals surface area (Å²) >= 11 is 2.92. The van der Waals surface area contributed by atoms with Crippen LogP contribution in [0.2, 0.25) is 0 Å². The Hall–Kier alpha value is -3.04. The first-order valence-electron chi connectivity index (χ1n) is 8.46.